The molecule has 3 heterocycles. The first-order valence-corrected chi connectivity index (χ1v) is 18.2. The summed E-state index contributed by atoms with van der Waals surface area (Å²) in [6.45, 7) is 6.92. The van der Waals surface area contributed by atoms with Gasteiger partial charge in [-0.25, -0.2) is 9.36 Å². The molecule has 11 nitrogen and oxygen atoms in total. The van der Waals surface area contributed by atoms with Gasteiger partial charge in [-0.05, 0) is 54.1 Å². The van der Waals surface area contributed by atoms with Gasteiger partial charge in [-0.15, -0.1) is 0 Å². The van der Waals surface area contributed by atoms with Crippen LogP contribution in [0.2, 0.25) is 25.7 Å². The number of nitrogens with zero attached hydrogens (tertiary/aromatic N) is 4. The molecule has 0 saturated heterocycles. The molecular weight excluding hydrogens is 635 g/mol. The van der Waals surface area contributed by atoms with Gasteiger partial charge in [-0.3, -0.25) is 18.8 Å². The second-order valence-electron chi connectivity index (χ2n) is 12.2. The van der Waals surface area contributed by atoms with E-state index in [1.54, 1.807) is 0 Å². The Morgan fingerprint density at radius 2 is 1.74 bits per heavy atom. The van der Waals surface area contributed by atoms with Crippen molar-refractivity contribution in [2.45, 2.75) is 45.1 Å². The Labute approximate surface area is 267 Å². The van der Waals surface area contributed by atoms with Crippen LogP contribution in [0.25, 0.3) is 22.2 Å². The van der Waals surface area contributed by atoms with Gasteiger partial charge >= 0.3 is 12.3 Å². The van der Waals surface area contributed by atoms with Crippen LogP contribution >= 0.6 is 0 Å². The molecule has 1 amide bonds. The van der Waals surface area contributed by atoms with Gasteiger partial charge in [0.15, 0.2) is 0 Å². The van der Waals surface area contributed by atoms with Gasteiger partial charge in [0.25, 0.3) is 11.5 Å². The zero-order valence-corrected chi connectivity index (χ0v) is 26.7. The fraction of sp³-hybridized carbons (Fsp3) is 0.250. The van der Waals surface area contributed by atoms with E-state index < -0.39 is 37.4 Å². The molecular formula is C32H32F3N5O6Si. The Balaban J connectivity index is 1.45. The topological polar surface area (TPSA) is 141 Å². The number of aromatic nitrogens is 4. The number of pyridine rings is 1. The zero-order chi connectivity index (χ0) is 34.1. The number of aromatic hydroxyl groups is 1. The number of hydrogen-bond acceptors (Lipinski definition) is 6. The van der Waals surface area contributed by atoms with Gasteiger partial charge in [0.2, 0.25) is 0 Å². The van der Waals surface area contributed by atoms with E-state index in [4.69, 9.17) is 4.74 Å². The van der Waals surface area contributed by atoms with Crippen molar-refractivity contribution < 1.29 is 37.7 Å². The fourth-order valence-corrected chi connectivity index (χ4v) is 5.65. The van der Waals surface area contributed by atoms with Gasteiger partial charge in [0.05, 0.1) is 46.3 Å². The number of carbonyl (C=O) groups excluding carboxylic acids is 1. The number of benzene rings is 2. The summed E-state index contributed by atoms with van der Waals surface area (Å²) in [7, 11) is -1.43. The van der Waals surface area contributed by atoms with Crippen molar-refractivity contribution in [1.82, 2.24) is 18.9 Å². The first kappa shape index (κ1) is 33.2. The van der Waals surface area contributed by atoms with Gasteiger partial charge in [0, 0.05) is 32.5 Å². The molecule has 0 aliphatic carbocycles. The van der Waals surface area contributed by atoms with Crippen molar-refractivity contribution >= 4 is 36.7 Å². The number of halogens is 3. The number of hydrogen-bond donors (Lipinski definition) is 3. The van der Waals surface area contributed by atoms with Crippen LogP contribution in [0.1, 0.15) is 21.5 Å². The molecule has 0 bridgehead atoms. The molecule has 0 aliphatic heterocycles. The summed E-state index contributed by atoms with van der Waals surface area (Å²) in [5, 5.41) is 27.3. The highest BCUT2D eigenvalue weighted by Crippen LogP contribution is 2.31. The zero-order valence-electron chi connectivity index (χ0n) is 25.7. The molecule has 5 aromatic rings. The average Bonchev–Trinajstić information content (AvgIpc) is 3.60. The Bertz CT molecular complexity index is 2010. The number of fused-ring (bicyclic) bond motifs is 1. The smallest absolute Gasteiger partial charge is 0.416 e. The summed E-state index contributed by atoms with van der Waals surface area (Å²) in [4.78, 5) is 39.3. The summed E-state index contributed by atoms with van der Waals surface area (Å²) in [5.41, 5.74) is -0.247. The van der Waals surface area contributed by atoms with E-state index in [2.05, 4.69) is 30.1 Å². The number of ether oxygens (including phenoxy) is 1. The predicted molar refractivity (Wildman–Crippen MR) is 172 cm³/mol. The maximum absolute atomic E-state index is 13.7. The van der Waals surface area contributed by atoms with Crippen LogP contribution in [0.5, 0.6) is 5.75 Å². The molecule has 0 spiro atoms. The first-order chi connectivity index (χ1) is 22.1. The number of rotatable bonds is 10. The molecule has 0 saturated carbocycles. The molecule has 0 radical (unpaired) electrons. The van der Waals surface area contributed by atoms with Crippen LogP contribution in [-0.4, -0.2) is 55.8 Å². The molecule has 0 fully saturated rings. The van der Waals surface area contributed by atoms with Crippen LogP contribution < -0.4 is 10.9 Å². The Kier molecular flexibility index (Phi) is 9.13. The lowest BCUT2D eigenvalue weighted by Crippen LogP contribution is -2.27. The van der Waals surface area contributed by atoms with Gasteiger partial charge < -0.3 is 20.3 Å². The highest BCUT2D eigenvalue weighted by molar-refractivity contribution is 6.76. The second-order valence-corrected chi connectivity index (χ2v) is 17.9. The summed E-state index contributed by atoms with van der Waals surface area (Å²) < 4.78 is 48.1. The number of amides is 1. The maximum Gasteiger partial charge on any atom is 0.416 e. The molecule has 0 aliphatic rings. The van der Waals surface area contributed by atoms with Crippen LogP contribution in [0.4, 0.5) is 23.7 Å². The van der Waals surface area contributed by atoms with E-state index in [1.165, 1.54) is 70.3 Å². The number of alkyl halides is 3. The minimum Gasteiger partial charge on any atom is -0.508 e. The Hall–Kier alpha value is -5.15. The van der Waals surface area contributed by atoms with E-state index in [0.29, 0.717) is 17.6 Å². The number of carbonyl (C=O) groups is 2. The fourth-order valence-electron chi connectivity index (χ4n) is 4.89. The predicted octanol–water partition coefficient (Wildman–Crippen LogP) is 6.53. The number of phenols is 1. The number of phenolic OH excluding ortho intramolecular Hbond substituents is 1. The summed E-state index contributed by atoms with van der Waals surface area (Å²) in [6.07, 6.45) is -1.69. The Morgan fingerprint density at radius 3 is 2.40 bits per heavy atom. The number of anilines is 1. The average molecular weight is 668 g/mol. The summed E-state index contributed by atoms with van der Waals surface area (Å²) in [5.74, 6) is -0.678. The number of carboxylic acid groups (broad SMARTS) is 1. The quantitative estimate of drug-likeness (QED) is 0.114. The van der Waals surface area contributed by atoms with Crippen molar-refractivity contribution in [2.75, 3.05) is 11.9 Å². The SMILES string of the molecule is C[Si](C)(C)CCOCn1cc(NC(=O)c2cnn(Cc3ccc(C(F)(F)F)cc3)c2)cc(-c2cc3cc(O)ccc3n2C(=O)O)c1=O. The highest BCUT2D eigenvalue weighted by Gasteiger charge is 2.30. The van der Waals surface area contributed by atoms with Gasteiger partial charge in [-0.1, -0.05) is 31.8 Å². The van der Waals surface area contributed by atoms with Crippen molar-refractivity contribution in [3.8, 4) is 17.0 Å². The van der Waals surface area contributed by atoms with Crippen molar-refractivity contribution in [1.29, 1.82) is 0 Å². The van der Waals surface area contributed by atoms with Gasteiger partial charge in [-0.2, -0.15) is 18.3 Å². The lowest BCUT2D eigenvalue weighted by Gasteiger charge is -2.17. The van der Waals surface area contributed by atoms with Crippen LogP contribution in [0.15, 0.2) is 78.0 Å². The van der Waals surface area contributed by atoms with E-state index in [0.717, 1.165) is 22.7 Å². The molecule has 47 heavy (non-hydrogen) atoms. The normalized spacial score (nSPS) is 12.0. The molecule has 2 aromatic carbocycles. The van der Waals surface area contributed by atoms with Crippen molar-refractivity contribution in [3.05, 3.63) is 100 Å². The lowest BCUT2D eigenvalue weighted by atomic mass is 10.1. The third-order valence-electron chi connectivity index (χ3n) is 7.34. The standard InChI is InChI=1S/C32H32F3N5O6Si/c1-47(2,3)11-10-46-19-38-18-24(14-26(30(38)43)28-13-21-12-25(41)8-9-27(21)40(28)31(44)45)37-29(42)22-15-36-39(17-22)16-20-4-6-23(7-5-20)32(33,34)35/h4-9,12-15,17-18,41H,10-11,16,19H2,1-3H3,(H,37,42)(H,44,45). The molecule has 5 rings (SSSR count). The largest absolute Gasteiger partial charge is 0.508 e. The first-order valence-electron chi connectivity index (χ1n) is 14.5. The summed E-state index contributed by atoms with van der Waals surface area (Å²) in [6, 6.07) is 12.4. The van der Waals surface area contributed by atoms with Crippen LogP contribution in [0.3, 0.4) is 0 Å². The minimum atomic E-state index is -4.45. The monoisotopic (exact) mass is 667 g/mol. The summed E-state index contributed by atoms with van der Waals surface area (Å²) >= 11 is 0. The number of nitrogens with one attached hydrogen (secondary N) is 1. The van der Waals surface area contributed by atoms with Crippen LogP contribution in [-0.2, 0) is 24.2 Å². The van der Waals surface area contributed by atoms with Gasteiger partial charge in [0.1, 0.15) is 12.5 Å². The van der Waals surface area contributed by atoms with Crippen molar-refractivity contribution in [2.24, 2.45) is 0 Å². The van der Waals surface area contributed by atoms with Crippen molar-refractivity contribution in [3.63, 3.8) is 0 Å². The second kappa shape index (κ2) is 12.9. The van der Waals surface area contributed by atoms with Crippen LogP contribution in [0, 0.1) is 0 Å². The van der Waals surface area contributed by atoms with E-state index in [1.807, 2.05) is 0 Å². The minimum absolute atomic E-state index is 0.0272. The lowest BCUT2D eigenvalue weighted by molar-refractivity contribution is -0.137. The molecule has 3 N–H and O–H groups in total. The third kappa shape index (κ3) is 7.81. The van der Waals surface area contributed by atoms with E-state index >= 15 is 0 Å². The molecule has 0 unspecified atom stereocenters. The molecule has 0 atom stereocenters. The molecule has 15 heteroatoms. The third-order valence-corrected chi connectivity index (χ3v) is 9.05. The maximum atomic E-state index is 13.7. The molecule has 3 aromatic heterocycles. The van der Waals surface area contributed by atoms with E-state index in [-0.39, 0.29) is 47.1 Å². The van der Waals surface area contributed by atoms with E-state index in [9.17, 15) is 37.8 Å². The Morgan fingerprint density at radius 1 is 1.02 bits per heavy atom. The highest BCUT2D eigenvalue weighted by atomic mass is 28.3. The molecule has 246 valence electrons.